The van der Waals surface area contributed by atoms with Crippen LogP contribution in [0.4, 0.5) is 0 Å². The summed E-state index contributed by atoms with van der Waals surface area (Å²) in [6.07, 6.45) is 7.74. The van der Waals surface area contributed by atoms with E-state index in [0.717, 1.165) is 51.4 Å². The van der Waals surface area contributed by atoms with Gasteiger partial charge in [0.15, 0.2) is 6.10 Å². The zero-order chi connectivity index (χ0) is 13.4. The van der Waals surface area contributed by atoms with E-state index in [9.17, 15) is 9.59 Å². The minimum atomic E-state index is -0.849. The number of rotatable bonds is 11. The Balaban J connectivity index is 1.77. The molecule has 5 nitrogen and oxygen atoms in total. The minimum absolute atomic E-state index is 0.0573. The Bertz CT molecular complexity index is 277. The van der Waals surface area contributed by atoms with Crippen molar-refractivity contribution in [2.24, 2.45) is 0 Å². The van der Waals surface area contributed by atoms with Crippen LogP contribution in [0.2, 0.25) is 0 Å². The highest BCUT2D eigenvalue weighted by atomic mass is 16.6. The van der Waals surface area contributed by atoms with Gasteiger partial charge in [0.2, 0.25) is 0 Å². The predicted octanol–water partition coefficient (Wildman–Crippen LogP) is 2.43. The molecule has 1 aliphatic rings. The molecule has 2 atom stereocenters. The molecule has 0 saturated carbocycles. The maximum atomic E-state index is 10.5. The van der Waals surface area contributed by atoms with E-state index in [4.69, 9.17) is 14.9 Å². The van der Waals surface area contributed by atoms with E-state index >= 15 is 0 Å². The van der Waals surface area contributed by atoms with E-state index in [1.807, 2.05) is 0 Å². The van der Waals surface area contributed by atoms with Gasteiger partial charge in [0, 0.05) is 6.42 Å². The molecule has 1 aliphatic heterocycles. The maximum absolute atomic E-state index is 10.5. The Hall–Kier alpha value is -1.10. The summed E-state index contributed by atoms with van der Waals surface area (Å²) in [6, 6.07) is 0. The number of aliphatic carboxylic acids is 2. The number of unbranched alkanes of at least 4 members (excludes halogenated alkanes) is 6. The Kier molecular flexibility index (Phi) is 6.72. The fraction of sp³-hybridized carbons (Fsp3) is 0.846. The molecule has 1 rings (SSSR count). The molecule has 5 heteroatoms. The summed E-state index contributed by atoms with van der Waals surface area (Å²) in [5.74, 6) is -1.56. The first-order valence-corrected chi connectivity index (χ1v) is 6.71. The zero-order valence-corrected chi connectivity index (χ0v) is 10.6. The van der Waals surface area contributed by atoms with Gasteiger partial charge in [-0.2, -0.15) is 0 Å². The van der Waals surface area contributed by atoms with E-state index in [1.54, 1.807) is 0 Å². The van der Waals surface area contributed by atoms with Crippen LogP contribution in [-0.2, 0) is 14.3 Å². The number of hydrogen-bond acceptors (Lipinski definition) is 3. The van der Waals surface area contributed by atoms with E-state index in [2.05, 4.69) is 0 Å². The number of hydrogen-bond donors (Lipinski definition) is 2. The number of carbonyl (C=O) groups is 2. The number of ether oxygens (including phenoxy) is 1. The number of carboxylic acids is 2. The standard InChI is InChI=1S/C13H22O5/c14-11(15)9-7-5-3-1-2-4-6-8-10-12(18-10)13(16)17/h10,12H,1-9H2,(H,14,15)(H,16,17). The van der Waals surface area contributed by atoms with Gasteiger partial charge < -0.3 is 14.9 Å². The smallest absolute Gasteiger partial charge is 0.335 e. The maximum Gasteiger partial charge on any atom is 0.335 e. The van der Waals surface area contributed by atoms with Gasteiger partial charge in [0.1, 0.15) is 0 Å². The molecule has 0 aromatic carbocycles. The third-order valence-corrected chi connectivity index (χ3v) is 3.21. The number of carboxylic acid groups (broad SMARTS) is 2. The summed E-state index contributed by atoms with van der Waals surface area (Å²) < 4.78 is 5.01. The van der Waals surface area contributed by atoms with Crippen molar-refractivity contribution in [2.45, 2.75) is 70.0 Å². The molecule has 18 heavy (non-hydrogen) atoms. The fourth-order valence-electron chi connectivity index (χ4n) is 2.09. The van der Waals surface area contributed by atoms with Crippen molar-refractivity contribution in [3.8, 4) is 0 Å². The van der Waals surface area contributed by atoms with Gasteiger partial charge in [-0.1, -0.05) is 38.5 Å². The van der Waals surface area contributed by atoms with Gasteiger partial charge in [-0.05, 0) is 12.8 Å². The van der Waals surface area contributed by atoms with Crippen LogP contribution in [-0.4, -0.2) is 34.4 Å². The van der Waals surface area contributed by atoms with Crippen LogP contribution in [0.15, 0.2) is 0 Å². The lowest BCUT2D eigenvalue weighted by Gasteiger charge is -2.00. The molecule has 1 saturated heterocycles. The first-order chi connectivity index (χ1) is 8.61. The van der Waals surface area contributed by atoms with Crippen LogP contribution in [0.5, 0.6) is 0 Å². The molecule has 0 spiro atoms. The second-order valence-electron chi connectivity index (χ2n) is 4.84. The van der Waals surface area contributed by atoms with Crippen LogP contribution < -0.4 is 0 Å². The quantitative estimate of drug-likeness (QED) is 0.439. The Labute approximate surface area is 107 Å². The van der Waals surface area contributed by atoms with Crippen molar-refractivity contribution >= 4 is 11.9 Å². The second-order valence-corrected chi connectivity index (χ2v) is 4.84. The van der Waals surface area contributed by atoms with E-state index in [1.165, 1.54) is 0 Å². The summed E-state index contributed by atoms with van der Waals surface area (Å²) in [4.78, 5) is 20.8. The normalized spacial score (nSPS) is 21.8. The van der Waals surface area contributed by atoms with E-state index in [0.29, 0.717) is 0 Å². The van der Waals surface area contributed by atoms with Crippen molar-refractivity contribution in [2.75, 3.05) is 0 Å². The van der Waals surface area contributed by atoms with E-state index in [-0.39, 0.29) is 12.5 Å². The van der Waals surface area contributed by atoms with Gasteiger partial charge >= 0.3 is 11.9 Å². The Morgan fingerprint density at radius 2 is 1.44 bits per heavy atom. The van der Waals surface area contributed by atoms with Crippen molar-refractivity contribution in [3.63, 3.8) is 0 Å². The zero-order valence-electron chi connectivity index (χ0n) is 10.6. The van der Waals surface area contributed by atoms with Crippen molar-refractivity contribution < 1.29 is 24.5 Å². The van der Waals surface area contributed by atoms with Crippen LogP contribution in [0, 0.1) is 0 Å². The molecule has 0 amide bonds. The molecular formula is C13H22O5. The molecule has 0 aromatic heterocycles. The highest BCUT2D eigenvalue weighted by Gasteiger charge is 2.44. The SMILES string of the molecule is O=C(O)CCCCCCCCCC1OC1C(=O)O. The Morgan fingerprint density at radius 1 is 0.889 bits per heavy atom. The lowest BCUT2D eigenvalue weighted by atomic mass is 10.1. The molecule has 104 valence electrons. The molecule has 0 aliphatic carbocycles. The lowest BCUT2D eigenvalue weighted by Crippen LogP contribution is -2.07. The molecule has 0 bridgehead atoms. The van der Waals surface area contributed by atoms with Gasteiger partial charge in [-0.3, -0.25) is 4.79 Å². The van der Waals surface area contributed by atoms with Gasteiger partial charge in [0.05, 0.1) is 6.10 Å². The Morgan fingerprint density at radius 3 is 1.94 bits per heavy atom. The summed E-state index contributed by atoms with van der Waals surface area (Å²) >= 11 is 0. The molecule has 1 heterocycles. The average Bonchev–Trinajstić information content (AvgIpc) is 3.06. The molecule has 2 unspecified atom stereocenters. The van der Waals surface area contributed by atoms with Crippen LogP contribution >= 0.6 is 0 Å². The van der Waals surface area contributed by atoms with Gasteiger partial charge in [0.25, 0.3) is 0 Å². The van der Waals surface area contributed by atoms with Crippen LogP contribution in [0.3, 0.4) is 0 Å². The highest BCUT2D eigenvalue weighted by molar-refractivity contribution is 5.75. The third kappa shape index (κ3) is 6.59. The van der Waals surface area contributed by atoms with Gasteiger partial charge in [-0.25, -0.2) is 4.79 Å². The molecular weight excluding hydrogens is 236 g/mol. The van der Waals surface area contributed by atoms with Crippen molar-refractivity contribution in [1.82, 2.24) is 0 Å². The van der Waals surface area contributed by atoms with Gasteiger partial charge in [-0.15, -0.1) is 0 Å². The second kappa shape index (κ2) is 8.08. The summed E-state index contributed by atoms with van der Waals surface area (Å²) in [5, 5.41) is 17.1. The lowest BCUT2D eigenvalue weighted by molar-refractivity contribution is -0.138. The average molecular weight is 258 g/mol. The minimum Gasteiger partial charge on any atom is -0.481 e. The fourth-order valence-corrected chi connectivity index (χ4v) is 2.09. The van der Waals surface area contributed by atoms with E-state index < -0.39 is 18.0 Å². The van der Waals surface area contributed by atoms with Crippen LogP contribution in [0.1, 0.15) is 57.8 Å². The first-order valence-electron chi connectivity index (χ1n) is 6.71. The predicted molar refractivity (Wildman–Crippen MR) is 65.5 cm³/mol. The molecule has 2 N–H and O–H groups in total. The summed E-state index contributed by atoms with van der Waals surface area (Å²) in [5.41, 5.74) is 0. The third-order valence-electron chi connectivity index (χ3n) is 3.21. The summed E-state index contributed by atoms with van der Waals surface area (Å²) in [6.45, 7) is 0. The molecule has 1 fully saturated rings. The molecule has 0 aromatic rings. The number of epoxide rings is 1. The van der Waals surface area contributed by atoms with Crippen LogP contribution in [0.25, 0.3) is 0 Å². The first kappa shape index (κ1) is 15.0. The molecule has 0 radical (unpaired) electrons. The topological polar surface area (TPSA) is 87.1 Å². The monoisotopic (exact) mass is 258 g/mol. The highest BCUT2D eigenvalue weighted by Crippen LogP contribution is 2.27. The largest absolute Gasteiger partial charge is 0.481 e. The van der Waals surface area contributed by atoms with Crippen molar-refractivity contribution in [1.29, 1.82) is 0 Å². The van der Waals surface area contributed by atoms with Crippen molar-refractivity contribution in [3.05, 3.63) is 0 Å². The summed E-state index contributed by atoms with van der Waals surface area (Å²) in [7, 11) is 0.